The number of benzene rings is 1. The maximum Gasteiger partial charge on any atom is 0.119 e. The number of aliphatic carboxylic acids is 1. The fraction of sp³-hybridized carbons (Fsp3) is 0.0833. The third kappa shape index (κ3) is 4.13. The average molecular weight is 203 g/mol. The molecular weight excluding hydrogens is 192 g/mol. The summed E-state index contributed by atoms with van der Waals surface area (Å²) in [6.07, 6.45) is 5.79. The predicted molar refractivity (Wildman–Crippen MR) is 56.2 cm³/mol. The molecular formula is C12H11O3-. The Morgan fingerprint density at radius 3 is 2.87 bits per heavy atom. The molecule has 0 aromatic heterocycles. The summed E-state index contributed by atoms with van der Waals surface area (Å²) in [4.78, 5) is 10.1. The minimum absolute atomic E-state index is 0.765. The Balaban J connectivity index is 2.67. The second kappa shape index (κ2) is 5.65. The summed E-state index contributed by atoms with van der Waals surface area (Å²) in [6, 6.07) is 7.45. The van der Waals surface area contributed by atoms with Crippen LogP contribution in [0.5, 0.6) is 5.75 Å². The molecule has 0 aliphatic heterocycles. The largest absolute Gasteiger partial charge is 0.545 e. The van der Waals surface area contributed by atoms with Crippen molar-refractivity contribution in [3.63, 3.8) is 0 Å². The molecule has 0 amide bonds. The molecule has 78 valence electrons. The second-order valence-corrected chi connectivity index (χ2v) is 2.81. The lowest BCUT2D eigenvalue weighted by Crippen LogP contribution is -2.18. The molecule has 0 aliphatic carbocycles. The second-order valence-electron chi connectivity index (χ2n) is 2.81. The van der Waals surface area contributed by atoms with Crippen molar-refractivity contribution in [1.29, 1.82) is 0 Å². The summed E-state index contributed by atoms with van der Waals surface area (Å²) in [5.74, 6) is -0.439. The summed E-state index contributed by atoms with van der Waals surface area (Å²) in [6.45, 7) is 0. The van der Waals surface area contributed by atoms with Crippen molar-refractivity contribution in [3.8, 4) is 5.75 Å². The Morgan fingerprint density at radius 2 is 2.20 bits per heavy atom. The van der Waals surface area contributed by atoms with Gasteiger partial charge in [0.25, 0.3) is 0 Å². The Hall–Kier alpha value is -2.03. The smallest absolute Gasteiger partial charge is 0.119 e. The third-order valence-electron chi connectivity index (χ3n) is 1.73. The van der Waals surface area contributed by atoms with Crippen LogP contribution in [0.15, 0.2) is 42.5 Å². The SMILES string of the molecule is COc1cccc(/C=C\C=C\C(=O)[O-])c1. The minimum atomic E-state index is -1.20. The van der Waals surface area contributed by atoms with Gasteiger partial charge in [-0.05, 0) is 23.8 Å². The maximum absolute atomic E-state index is 10.1. The molecule has 0 unspecified atom stereocenters. The molecule has 0 fully saturated rings. The summed E-state index contributed by atoms with van der Waals surface area (Å²) < 4.78 is 5.04. The first-order valence-electron chi connectivity index (χ1n) is 4.42. The summed E-state index contributed by atoms with van der Waals surface area (Å²) in [5.41, 5.74) is 0.942. The Labute approximate surface area is 88.3 Å². The molecule has 0 N–H and O–H groups in total. The lowest BCUT2D eigenvalue weighted by molar-refractivity contribution is -0.297. The number of carbonyl (C=O) groups excluding carboxylic acids is 1. The first-order chi connectivity index (χ1) is 7.22. The van der Waals surface area contributed by atoms with Crippen molar-refractivity contribution in [2.75, 3.05) is 7.11 Å². The molecule has 0 heterocycles. The topological polar surface area (TPSA) is 49.4 Å². The molecule has 1 aromatic carbocycles. The number of ether oxygens (including phenoxy) is 1. The van der Waals surface area contributed by atoms with Crippen molar-refractivity contribution >= 4 is 12.0 Å². The van der Waals surface area contributed by atoms with Crippen molar-refractivity contribution in [1.82, 2.24) is 0 Å². The minimum Gasteiger partial charge on any atom is -0.545 e. The first-order valence-corrected chi connectivity index (χ1v) is 4.42. The van der Waals surface area contributed by atoms with Crippen LogP contribution in [0, 0.1) is 0 Å². The van der Waals surface area contributed by atoms with Gasteiger partial charge in [0.05, 0.1) is 13.1 Å². The molecule has 15 heavy (non-hydrogen) atoms. The summed E-state index contributed by atoms with van der Waals surface area (Å²) in [7, 11) is 1.60. The van der Waals surface area contributed by atoms with Gasteiger partial charge in [-0.3, -0.25) is 0 Å². The number of rotatable bonds is 4. The van der Waals surface area contributed by atoms with Crippen LogP contribution in [-0.2, 0) is 4.79 Å². The van der Waals surface area contributed by atoms with Crippen LogP contribution in [0.1, 0.15) is 5.56 Å². The monoisotopic (exact) mass is 203 g/mol. The van der Waals surface area contributed by atoms with E-state index < -0.39 is 5.97 Å². The Kier molecular flexibility index (Phi) is 4.16. The number of hydrogen-bond acceptors (Lipinski definition) is 3. The number of carbonyl (C=O) groups is 1. The molecule has 3 nitrogen and oxygen atoms in total. The molecule has 0 spiro atoms. The van der Waals surface area contributed by atoms with Gasteiger partial charge in [0.1, 0.15) is 5.75 Å². The Morgan fingerprint density at radius 1 is 1.40 bits per heavy atom. The van der Waals surface area contributed by atoms with Gasteiger partial charge in [0.15, 0.2) is 0 Å². The molecule has 0 bridgehead atoms. The van der Waals surface area contributed by atoms with Gasteiger partial charge >= 0.3 is 0 Å². The molecule has 0 saturated carbocycles. The normalized spacial score (nSPS) is 11.0. The van der Waals surface area contributed by atoms with E-state index in [2.05, 4.69) is 0 Å². The number of carboxylic acids is 1. The fourth-order valence-corrected chi connectivity index (χ4v) is 1.05. The standard InChI is InChI=1S/C12H12O3/c1-15-11-7-4-6-10(9-11)5-2-3-8-12(13)14/h2-9H,1H3,(H,13,14)/p-1/b5-2-,8-3+. The number of hydrogen-bond donors (Lipinski definition) is 0. The van der Waals surface area contributed by atoms with Gasteiger partial charge in [-0.15, -0.1) is 0 Å². The van der Waals surface area contributed by atoms with Gasteiger partial charge in [0, 0.05) is 0 Å². The van der Waals surface area contributed by atoms with Gasteiger partial charge in [-0.2, -0.15) is 0 Å². The zero-order valence-corrected chi connectivity index (χ0v) is 8.34. The molecule has 1 aromatic rings. The predicted octanol–water partition coefficient (Wildman–Crippen LogP) is 1.01. The number of methoxy groups -OCH3 is 1. The maximum atomic E-state index is 10.1. The fourth-order valence-electron chi connectivity index (χ4n) is 1.05. The van der Waals surface area contributed by atoms with Gasteiger partial charge < -0.3 is 14.6 Å². The van der Waals surface area contributed by atoms with Crippen molar-refractivity contribution in [2.45, 2.75) is 0 Å². The van der Waals surface area contributed by atoms with Crippen LogP contribution in [0.3, 0.4) is 0 Å². The van der Waals surface area contributed by atoms with Crippen LogP contribution in [0.2, 0.25) is 0 Å². The molecule has 0 saturated heterocycles. The van der Waals surface area contributed by atoms with E-state index in [1.807, 2.05) is 24.3 Å². The highest BCUT2D eigenvalue weighted by Gasteiger charge is 1.89. The molecule has 0 aliphatic rings. The van der Waals surface area contributed by atoms with Gasteiger partial charge in [-0.25, -0.2) is 0 Å². The lowest BCUT2D eigenvalue weighted by atomic mass is 10.2. The zero-order valence-electron chi connectivity index (χ0n) is 8.34. The van der Waals surface area contributed by atoms with E-state index in [0.29, 0.717) is 0 Å². The van der Waals surface area contributed by atoms with Crippen molar-refractivity contribution < 1.29 is 14.6 Å². The van der Waals surface area contributed by atoms with E-state index in [4.69, 9.17) is 4.74 Å². The number of allylic oxidation sites excluding steroid dienone is 2. The van der Waals surface area contributed by atoms with Crippen LogP contribution >= 0.6 is 0 Å². The van der Waals surface area contributed by atoms with E-state index >= 15 is 0 Å². The first kappa shape index (κ1) is 11.0. The Bertz CT molecular complexity index is 392. The third-order valence-corrected chi connectivity index (χ3v) is 1.73. The highest BCUT2D eigenvalue weighted by atomic mass is 16.5. The zero-order chi connectivity index (χ0) is 11.1. The number of carboxylic acid groups (broad SMARTS) is 1. The van der Waals surface area contributed by atoms with Gasteiger partial charge in [-0.1, -0.05) is 30.4 Å². The van der Waals surface area contributed by atoms with Crippen molar-refractivity contribution in [2.24, 2.45) is 0 Å². The highest BCUT2D eigenvalue weighted by molar-refractivity contribution is 5.78. The van der Waals surface area contributed by atoms with E-state index in [-0.39, 0.29) is 0 Å². The average Bonchev–Trinajstić information content (AvgIpc) is 2.24. The van der Waals surface area contributed by atoms with E-state index in [1.54, 1.807) is 19.3 Å². The van der Waals surface area contributed by atoms with E-state index in [9.17, 15) is 9.90 Å². The summed E-state index contributed by atoms with van der Waals surface area (Å²) in [5, 5.41) is 10.1. The quantitative estimate of drug-likeness (QED) is 0.542. The molecule has 0 radical (unpaired) electrons. The van der Waals surface area contributed by atoms with E-state index in [1.165, 1.54) is 6.08 Å². The summed E-state index contributed by atoms with van der Waals surface area (Å²) >= 11 is 0. The van der Waals surface area contributed by atoms with Crippen molar-refractivity contribution in [3.05, 3.63) is 48.1 Å². The van der Waals surface area contributed by atoms with Crippen LogP contribution in [-0.4, -0.2) is 13.1 Å². The van der Waals surface area contributed by atoms with Crippen LogP contribution < -0.4 is 9.84 Å². The molecule has 0 atom stereocenters. The van der Waals surface area contributed by atoms with Crippen LogP contribution in [0.4, 0.5) is 0 Å². The van der Waals surface area contributed by atoms with E-state index in [0.717, 1.165) is 17.4 Å². The van der Waals surface area contributed by atoms with Crippen LogP contribution in [0.25, 0.3) is 6.08 Å². The highest BCUT2D eigenvalue weighted by Crippen LogP contribution is 2.13. The molecule has 3 heteroatoms. The van der Waals surface area contributed by atoms with Gasteiger partial charge in [0.2, 0.25) is 0 Å². The lowest BCUT2D eigenvalue weighted by Gasteiger charge is -1.99. The molecule has 1 rings (SSSR count).